The van der Waals surface area contributed by atoms with Gasteiger partial charge in [-0.2, -0.15) is 0 Å². The van der Waals surface area contributed by atoms with E-state index < -0.39 is 0 Å². The average molecular weight is 206 g/mol. The summed E-state index contributed by atoms with van der Waals surface area (Å²) in [6, 6.07) is 0.308. The van der Waals surface area contributed by atoms with E-state index in [1.165, 1.54) is 0 Å². The van der Waals surface area contributed by atoms with Crippen LogP contribution < -0.4 is 0 Å². The van der Waals surface area contributed by atoms with E-state index in [-0.39, 0.29) is 5.91 Å². The van der Waals surface area contributed by atoms with Crippen molar-refractivity contribution in [3.8, 4) is 0 Å². The van der Waals surface area contributed by atoms with Crippen LogP contribution in [0.15, 0.2) is 0 Å². The summed E-state index contributed by atoms with van der Waals surface area (Å²) in [6.07, 6.45) is 2.39. The van der Waals surface area contributed by atoms with Gasteiger partial charge in [-0.15, -0.1) is 11.6 Å². The molecule has 0 unspecified atom stereocenters. The zero-order chi connectivity index (χ0) is 10.3. The van der Waals surface area contributed by atoms with Crippen molar-refractivity contribution in [2.75, 3.05) is 12.4 Å². The van der Waals surface area contributed by atoms with Gasteiger partial charge in [0.2, 0.25) is 5.91 Å². The largest absolute Gasteiger partial charge is 0.340 e. The quantitative estimate of drug-likeness (QED) is 0.611. The van der Waals surface area contributed by atoms with Crippen LogP contribution in [-0.4, -0.2) is 29.3 Å². The molecule has 0 spiro atoms. The zero-order valence-corrected chi connectivity index (χ0v) is 9.60. The molecule has 0 heterocycles. The van der Waals surface area contributed by atoms with Crippen LogP contribution in [0.2, 0.25) is 0 Å². The molecule has 0 rings (SSSR count). The number of amides is 1. The van der Waals surface area contributed by atoms with Crippen LogP contribution in [0.25, 0.3) is 0 Å². The first-order chi connectivity index (χ1) is 6.13. The normalized spacial score (nSPS) is 10.5. The van der Waals surface area contributed by atoms with Crippen LogP contribution >= 0.6 is 11.6 Å². The van der Waals surface area contributed by atoms with Crippen molar-refractivity contribution < 1.29 is 4.79 Å². The Kier molecular flexibility index (Phi) is 7.06. The minimum absolute atomic E-state index is 0.234. The van der Waals surface area contributed by atoms with Gasteiger partial charge in [0.15, 0.2) is 0 Å². The fourth-order valence-electron chi connectivity index (χ4n) is 1.27. The maximum absolute atomic E-state index is 11.6. The van der Waals surface area contributed by atoms with Crippen molar-refractivity contribution in [2.45, 2.75) is 46.1 Å². The van der Waals surface area contributed by atoms with Gasteiger partial charge >= 0.3 is 0 Å². The molecule has 3 heteroatoms. The summed E-state index contributed by atoms with van der Waals surface area (Å²) in [4.78, 5) is 13.5. The van der Waals surface area contributed by atoms with E-state index in [1.54, 1.807) is 0 Å². The van der Waals surface area contributed by atoms with Crippen molar-refractivity contribution in [1.29, 1.82) is 0 Å². The molecule has 1 amide bonds. The van der Waals surface area contributed by atoms with Gasteiger partial charge in [-0.3, -0.25) is 4.79 Å². The molecule has 78 valence electrons. The van der Waals surface area contributed by atoms with E-state index in [0.717, 1.165) is 19.4 Å². The highest BCUT2D eigenvalue weighted by Crippen LogP contribution is 2.05. The van der Waals surface area contributed by atoms with E-state index >= 15 is 0 Å². The summed E-state index contributed by atoms with van der Waals surface area (Å²) < 4.78 is 0. The number of nitrogens with zero attached hydrogens (tertiary/aromatic N) is 1. The van der Waals surface area contributed by atoms with Crippen molar-refractivity contribution in [3.63, 3.8) is 0 Å². The van der Waals surface area contributed by atoms with Crippen LogP contribution in [0.5, 0.6) is 0 Å². The van der Waals surface area contributed by atoms with Crippen LogP contribution in [0.4, 0.5) is 0 Å². The molecule has 0 N–H and O–H groups in total. The molecule has 0 saturated heterocycles. The minimum Gasteiger partial charge on any atom is -0.340 e. The van der Waals surface area contributed by atoms with E-state index in [1.807, 2.05) is 18.7 Å². The second-order valence-electron chi connectivity index (χ2n) is 3.47. The van der Waals surface area contributed by atoms with Gasteiger partial charge in [0.25, 0.3) is 0 Å². The SMILES string of the molecule is CCCN(C(=O)CCCCl)C(C)C. The highest BCUT2D eigenvalue weighted by molar-refractivity contribution is 6.17. The highest BCUT2D eigenvalue weighted by Gasteiger charge is 2.14. The molecule has 0 aromatic carbocycles. The Balaban J connectivity index is 3.96. The fraction of sp³-hybridized carbons (Fsp3) is 0.900. The molecule has 2 nitrogen and oxygen atoms in total. The lowest BCUT2D eigenvalue weighted by molar-refractivity contribution is -0.132. The second-order valence-corrected chi connectivity index (χ2v) is 3.85. The molecule has 0 radical (unpaired) electrons. The van der Waals surface area contributed by atoms with E-state index in [2.05, 4.69) is 6.92 Å². The second kappa shape index (κ2) is 7.19. The van der Waals surface area contributed by atoms with Crippen molar-refractivity contribution >= 4 is 17.5 Å². The van der Waals surface area contributed by atoms with Gasteiger partial charge in [-0.05, 0) is 26.7 Å². The maximum atomic E-state index is 11.6. The monoisotopic (exact) mass is 205 g/mol. The average Bonchev–Trinajstić information content (AvgIpc) is 2.09. The number of halogens is 1. The predicted octanol–water partition coefficient (Wildman–Crippen LogP) is 2.65. The summed E-state index contributed by atoms with van der Waals surface area (Å²) in [6.45, 7) is 7.05. The Morgan fingerprint density at radius 3 is 2.46 bits per heavy atom. The summed E-state index contributed by atoms with van der Waals surface area (Å²) in [5, 5.41) is 0. The molecule has 0 aliphatic heterocycles. The molecule has 0 atom stereocenters. The van der Waals surface area contributed by atoms with Gasteiger partial charge < -0.3 is 4.90 Å². The summed E-state index contributed by atoms with van der Waals surface area (Å²) in [5.74, 6) is 0.807. The molecule has 13 heavy (non-hydrogen) atoms. The van der Waals surface area contributed by atoms with E-state index in [4.69, 9.17) is 11.6 Å². The van der Waals surface area contributed by atoms with E-state index in [9.17, 15) is 4.79 Å². The molecule has 0 aliphatic rings. The maximum Gasteiger partial charge on any atom is 0.222 e. The molecular weight excluding hydrogens is 186 g/mol. The Morgan fingerprint density at radius 2 is 2.08 bits per heavy atom. The van der Waals surface area contributed by atoms with Crippen LogP contribution in [-0.2, 0) is 4.79 Å². The number of hydrogen-bond donors (Lipinski definition) is 0. The number of alkyl halides is 1. The number of carbonyl (C=O) groups is 1. The van der Waals surface area contributed by atoms with Crippen LogP contribution in [0.3, 0.4) is 0 Å². The van der Waals surface area contributed by atoms with Crippen molar-refractivity contribution in [3.05, 3.63) is 0 Å². The van der Waals surface area contributed by atoms with Crippen LogP contribution in [0, 0.1) is 0 Å². The molecular formula is C10H20ClNO. The Morgan fingerprint density at radius 1 is 1.46 bits per heavy atom. The van der Waals surface area contributed by atoms with Gasteiger partial charge in [-0.25, -0.2) is 0 Å². The van der Waals surface area contributed by atoms with Gasteiger partial charge in [0, 0.05) is 24.9 Å². The summed E-state index contributed by atoms with van der Waals surface area (Å²) in [7, 11) is 0. The molecule has 0 fully saturated rings. The third kappa shape index (κ3) is 5.14. The summed E-state index contributed by atoms with van der Waals surface area (Å²) in [5.41, 5.74) is 0. The molecule has 0 aromatic rings. The number of carbonyl (C=O) groups excluding carboxylic acids is 1. The van der Waals surface area contributed by atoms with Gasteiger partial charge in [-0.1, -0.05) is 6.92 Å². The minimum atomic E-state index is 0.234. The lowest BCUT2D eigenvalue weighted by Gasteiger charge is -2.26. The van der Waals surface area contributed by atoms with Gasteiger partial charge in [0.1, 0.15) is 0 Å². The third-order valence-corrected chi connectivity index (χ3v) is 2.20. The third-order valence-electron chi connectivity index (χ3n) is 1.93. The standard InChI is InChI=1S/C10H20ClNO/c1-4-8-12(9(2)3)10(13)6-5-7-11/h9H,4-8H2,1-3H3. The lowest BCUT2D eigenvalue weighted by atomic mass is 10.2. The van der Waals surface area contributed by atoms with Crippen LogP contribution in [0.1, 0.15) is 40.0 Å². The smallest absolute Gasteiger partial charge is 0.222 e. The summed E-state index contributed by atoms with van der Waals surface area (Å²) >= 11 is 5.54. The topological polar surface area (TPSA) is 20.3 Å². The number of hydrogen-bond acceptors (Lipinski definition) is 1. The molecule has 0 aliphatic carbocycles. The number of rotatable bonds is 6. The van der Waals surface area contributed by atoms with E-state index in [0.29, 0.717) is 18.3 Å². The first kappa shape index (κ1) is 12.8. The Labute approximate surface area is 86.2 Å². The first-order valence-corrected chi connectivity index (χ1v) is 5.52. The highest BCUT2D eigenvalue weighted by atomic mass is 35.5. The van der Waals surface area contributed by atoms with Crippen molar-refractivity contribution in [1.82, 2.24) is 4.90 Å². The molecule has 0 saturated carbocycles. The fourth-order valence-corrected chi connectivity index (χ4v) is 1.41. The zero-order valence-electron chi connectivity index (χ0n) is 8.85. The van der Waals surface area contributed by atoms with Gasteiger partial charge in [0.05, 0.1) is 0 Å². The molecule has 0 aromatic heterocycles. The first-order valence-electron chi connectivity index (χ1n) is 4.98. The van der Waals surface area contributed by atoms with Crippen molar-refractivity contribution in [2.24, 2.45) is 0 Å². The Bertz CT molecular complexity index is 148. The molecule has 0 bridgehead atoms. The Hall–Kier alpha value is -0.240. The lowest BCUT2D eigenvalue weighted by Crippen LogP contribution is -2.37. The predicted molar refractivity (Wildman–Crippen MR) is 57.1 cm³/mol.